The van der Waals surface area contributed by atoms with Crippen molar-refractivity contribution < 1.29 is 18.0 Å². The van der Waals surface area contributed by atoms with Gasteiger partial charge in [0.25, 0.3) is 0 Å². The lowest BCUT2D eigenvalue weighted by atomic mass is 10.1. The molecule has 2 aromatic heterocycles. The molecule has 236 valence electrons. The quantitative estimate of drug-likeness (QED) is 0.216. The summed E-state index contributed by atoms with van der Waals surface area (Å²) in [6.07, 6.45) is 1.82. The fourth-order valence-corrected chi connectivity index (χ4v) is 7.74. The van der Waals surface area contributed by atoms with Crippen molar-refractivity contribution in [3.8, 4) is 11.8 Å². The van der Waals surface area contributed by atoms with Gasteiger partial charge >= 0.3 is 0 Å². The molecule has 8 nitrogen and oxygen atoms in total. The molecule has 3 heterocycles. The first kappa shape index (κ1) is 35.1. The molecule has 3 rings (SSSR count). The van der Waals surface area contributed by atoms with Crippen molar-refractivity contribution in [3.05, 3.63) is 18.3 Å². The summed E-state index contributed by atoms with van der Waals surface area (Å²) in [4.78, 5) is 13.7. The lowest BCUT2D eigenvalue weighted by molar-refractivity contribution is -0.0470. The summed E-state index contributed by atoms with van der Waals surface area (Å²) >= 11 is 0. The van der Waals surface area contributed by atoms with E-state index in [0.717, 1.165) is 0 Å². The number of hydrogen-bond donors (Lipinski definition) is 0. The number of nitrogens with zero attached hydrogens (tertiary/aromatic N) is 4. The lowest BCUT2D eigenvalue weighted by Crippen LogP contribution is -2.54. The highest BCUT2D eigenvalue weighted by Gasteiger charge is 2.55. The van der Waals surface area contributed by atoms with Crippen LogP contribution in [0, 0.1) is 11.8 Å². The Kier molecular flexibility index (Phi) is 9.89. The van der Waals surface area contributed by atoms with Gasteiger partial charge in [0, 0.05) is 0 Å². The molecule has 0 aromatic carbocycles. The molecule has 0 amide bonds. The molecule has 11 heteroatoms. The van der Waals surface area contributed by atoms with E-state index in [0.29, 0.717) is 23.5 Å². The summed E-state index contributed by atoms with van der Waals surface area (Å²) in [5.41, 5.74) is 1.94. The van der Waals surface area contributed by atoms with Crippen LogP contribution in [-0.2, 0) is 18.0 Å². The zero-order chi connectivity index (χ0) is 32.1. The molecule has 0 unspecified atom stereocenters. The van der Waals surface area contributed by atoms with Gasteiger partial charge < -0.3 is 18.0 Å². The van der Waals surface area contributed by atoms with Crippen LogP contribution in [0.5, 0.6) is 0 Å². The van der Waals surface area contributed by atoms with Gasteiger partial charge in [-0.1, -0.05) is 68.2 Å². The molecular weight excluding hydrogens is 577 g/mol. The molecule has 0 N–H and O–H groups in total. The van der Waals surface area contributed by atoms with Crippen LogP contribution in [-0.4, -0.2) is 69.4 Å². The van der Waals surface area contributed by atoms with Gasteiger partial charge in [-0.25, -0.2) is 15.0 Å². The minimum Gasteiger partial charge on any atom is -0.414 e. The third-order valence-electron chi connectivity index (χ3n) is 10.1. The van der Waals surface area contributed by atoms with Gasteiger partial charge in [-0.05, 0) is 67.2 Å². The van der Waals surface area contributed by atoms with Crippen molar-refractivity contribution in [1.29, 1.82) is 0 Å². The average molecular weight is 633 g/mol. The van der Waals surface area contributed by atoms with Crippen LogP contribution in [0.3, 0.4) is 0 Å². The van der Waals surface area contributed by atoms with Gasteiger partial charge in [0.1, 0.15) is 35.8 Å². The molecule has 1 fully saturated rings. The van der Waals surface area contributed by atoms with E-state index < -0.39 is 31.2 Å². The Balaban J connectivity index is 2.18. The maximum Gasteiger partial charge on any atom is 0.192 e. The van der Waals surface area contributed by atoms with E-state index >= 15 is 0 Å². The van der Waals surface area contributed by atoms with Crippen LogP contribution in [0.25, 0.3) is 11.2 Å². The molecule has 0 bridgehead atoms. The van der Waals surface area contributed by atoms with Gasteiger partial charge in [-0.15, -0.1) is 0 Å². The van der Waals surface area contributed by atoms with Crippen molar-refractivity contribution in [2.45, 2.75) is 148 Å². The lowest BCUT2D eigenvalue weighted by Gasteiger charge is -2.44. The highest BCUT2D eigenvalue weighted by atomic mass is 28.4. The molecule has 42 heavy (non-hydrogen) atoms. The van der Waals surface area contributed by atoms with Gasteiger partial charge in [0.2, 0.25) is 0 Å². The Morgan fingerprint density at radius 1 is 0.786 bits per heavy atom. The smallest absolute Gasteiger partial charge is 0.192 e. The second kappa shape index (κ2) is 11.8. The van der Waals surface area contributed by atoms with Crippen LogP contribution >= 0.6 is 0 Å². The summed E-state index contributed by atoms with van der Waals surface area (Å²) < 4.78 is 30.3. The maximum absolute atomic E-state index is 7.27. The Morgan fingerprint density at radius 3 is 1.81 bits per heavy atom. The first-order chi connectivity index (χ1) is 18.9. The predicted octanol–water partition coefficient (Wildman–Crippen LogP) is 7.90. The normalized spacial score (nSPS) is 22.9. The van der Waals surface area contributed by atoms with E-state index in [4.69, 9.17) is 23.0 Å². The first-order valence-corrected chi connectivity index (χ1v) is 23.9. The highest BCUT2D eigenvalue weighted by Crippen LogP contribution is 2.47. The van der Waals surface area contributed by atoms with Crippen LogP contribution in [0.15, 0.2) is 12.7 Å². The predicted molar refractivity (Wildman–Crippen MR) is 179 cm³/mol. The number of imidazole rings is 1. The standard InChI is InChI=1S/C31H56N4O4Si3/c1-17-18-22-24-27(33-20-32-22)35(21-34-24)28-26(39-42(15,16)31(8,9)10)25(38-41(13,14)30(5,6)7)23(37-28)19-36-40(11,12)29(2,3)4/h20-21,23,25-26,28H,19H2,1-16H3/t23-,25-,26-,28-/m1/s1. The summed E-state index contributed by atoms with van der Waals surface area (Å²) in [7, 11) is -6.55. The third-order valence-corrected chi connectivity index (χ3v) is 23.5. The van der Waals surface area contributed by atoms with E-state index in [-0.39, 0.29) is 33.4 Å². The number of rotatable bonds is 8. The van der Waals surface area contributed by atoms with Crippen LogP contribution in [0.4, 0.5) is 0 Å². The topological polar surface area (TPSA) is 80.5 Å². The number of fused-ring (bicyclic) bond motifs is 1. The fourth-order valence-electron chi connectivity index (χ4n) is 4.12. The Hall–Kier alpha value is -1.40. The van der Waals surface area contributed by atoms with E-state index in [2.05, 4.69) is 123 Å². The van der Waals surface area contributed by atoms with E-state index in [1.54, 1.807) is 19.6 Å². The summed E-state index contributed by atoms with van der Waals surface area (Å²) in [6, 6.07) is 0. The number of ether oxygens (including phenoxy) is 1. The van der Waals surface area contributed by atoms with Crippen molar-refractivity contribution in [2.24, 2.45) is 0 Å². The van der Waals surface area contributed by atoms with Gasteiger partial charge in [-0.2, -0.15) is 0 Å². The van der Waals surface area contributed by atoms with Crippen LogP contribution in [0.1, 0.15) is 81.2 Å². The number of hydrogen-bond acceptors (Lipinski definition) is 7. The molecule has 4 atom stereocenters. The molecule has 2 aromatic rings. The van der Waals surface area contributed by atoms with Gasteiger partial charge in [-0.3, -0.25) is 4.57 Å². The molecule has 0 spiro atoms. The zero-order valence-electron chi connectivity index (χ0n) is 29.1. The van der Waals surface area contributed by atoms with Gasteiger partial charge in [0.15, 0.2) is 36.8 Å². The average Bonchev–Trinajstić information content (AvgIpc) is 3.37. The van der Waals surface area contributed by atoms with Crippen LogP contribution in [0.2, 0.25) is 54.4 Å². The molecule has 1 saturated heterocycles. The summed E-state index contributed by atoms with van der Waals surface area (Å²) in [5.74, 6) is 6.00. The maximum atomic E-state index is 7.27. The van der Waals surface area contributed by atoms with E-state index in [9.17, 15) is 0 Å². The molecule has 0 saturated carbocycles. The van der Waals surface area contributed by atoms with Crippen molar-refractivity contribution >= 4 is 36.1 Å². The SMILES string of the molecule is CC#Cc1ncnc2c1ncn2[C@@H]1O[C@H](CO[Si](C)(C)C(C)(C)C)[C@@H](O[Si](C)(C)C(C)(C)C)[C@H]1O[Si](C)(C)C(C)(C)C. The Labute approximate surface area is 258 Å². The summed E-state index contributed by atoms with van der Waals surface area (Å²) in [6.45, 7) is 36.4. The summed E-state index contributed by atoms with van der Waals surface area (Å²) in [5, 5.41) is 0.0873. The Morgan fingerprint density at radius 2 is 1.31 bits per heavy atom. The highest BCUT2D eigenvalue weighted by molar-refractivity contribution is 6.75. The zero-order valence-corrected chi connectivity index (χ0v) is 32.1. The molecule has 0 aliphatic carbocycles. The monoisotopic (exact) mass is 632 g/mol. The largest absolute Gasteiger partial charge is 0.414 e. The molecular formula is C31H56N4O4Si3. The Bertz CT molecular complexity index is 1310. The molecule has 1 aliphatic rings. The van der Waals surface area contributed by atoms with Crippen LogP contribution < -0.4 is 0 Å². The first-order valence-electron chi connectivity index (χ1n) is 15.2. The number of aromatic nitrogens is 4. The van der Waals surface area contributed by atoms with E-state index in [1.165, 1.54) is 0 Å². The fraction of sp³-hybridized carbons (Fsp3) is 0.774. The molecule has 1 aliphatic heterocycles. The minimum atomic E-state index is -2.26. The minimum absolute atomic E-state index is 0.00212. The third kappa shape index (κ3) is 7.11. The molecule has 0 radical (unpaired) electrons. The second-order valence-corrected chi connectivity index (χ2v) is 30.6. The van der Waals surface area contributed by atoms with E-state index in [1.807, 2.05) is 4.57 Å². The van der Waals surface area contributed by atoms with Crippen molar-refractivity contribution in [1.82, 2.24) is 19.5 Å². The second-order valence-electron chi connectivity index (χ2n) is 16.2. The van der Waals surface area contributed by atoms with Crippen molar-refractivity contribution in [3.63, 3.8) is 0 Å². The van der Waals surface area contributed by atoms with Gasteiger partial charge in [0.05, 0.1) is 12.9 Å². The van der Waals surface area contributed by atoms with Crippen molar-refractivity contribution in [2.75, 3.05) is 6.61 Å².